The van der Waals surface area contributed by atoms with Gasteiger partial charge >= 0.3 is 0 Å². The van der Waals surface area contributed by atoms with E-state index < -0.39 is 11.8 Å². The van der Waals surface area contributed by atoms with Gasteiger partial charge in [0.05, 0.1) is 12.1 Å². The summed E-state index contributed by atoms with van der Waals surface area (Å²) < 4.78 is 0. The number of carbonyl (C=O) groups excluding carboxylic acids is 2. The van der Waals surface area contributed by atoms with E-state index in [1.807, 2.05) is 0 Å². The molecule has 0 bridgehead atoms. The van der Waals surface area contributed by atoms with Crippen LogP contribution in [0.5, 0.6) is 0 Å². The molecule has 0 saturated heterocycles. The van der Waals surface area contributed by atoms with Crippen molar-refractivity contribution < 1.29 is 9.59 Å². The number of nitrogens with two attached hydrogens (primary N) is 2. The van der Waals surface area contributed by atoms with Crippen LogP contribution in [0.25, 0.3) is 0 Å². The summed E-state index contributed by atoms with van der Waals surface area (Å²) in [5.74, 6) is 4.56. The van der Waals surface area contributed by atoms with E-state index in [2.05, 4.69) is 22.1 Å². The van der Waals surface area contributed by atoms with E-state index in [9.17, 15) is 9.59 Å². The maximum atomic E-state index is 11.8. The molecule has 1 aromatic rings. The first kappa shape index (κ1) is 13.7. The molecule has 0 fully saturated rings. The topological polar surface area (TPSA) is 111 Å². The van der Waals surface area contributed by atoms with Gasteiger partial charge in [0.2, 0.25) is 5.91 Å². The van der Waals surface area contributed by atoms with Crippen LogP contribution in [0.15, 0.2) is 18.3 Å². The molecule has 5 N–H and O–H groups in total. The number of carbonyl (C=O) groups is 2. The summed E-state index contributed by atoms with van der Waals surface area (Å²) in [6, 6.07) is 3.36. The standard InChI is InChI=1S/C12H14N4O2/c13-6-1-3-9-4-2-7-15-11(9)12(18)16-8-5-10(14)17/h2,4,7H,5-6,8,13H2,(H2,14,17)(H,16,18). The van der Waals surface area contributed by atoms with Crippen LogP contribution in [0.2, 0.25) is 0 Å². The van der Waals surface area contributed by atoms with E-state index in [1.165, 1.54) is 6.20 Å². The second-order valence-electron chi connectivity index (χ2n) is 3.38. The molecule has 0 spiro atoms. The van der Waals surface area contributed by atoms with Gasteiger partial charge in [0.15, 0.2) is 0 Å². The number of rotatable bonds is 4. The number of nitrogens with one attached hydrogen (secondary N) is 1. The lowest BCUT2D eigenvalue weighted by Crippen LogP contribution is -2.29. The third-order valence-electron chi connectivity index (χ3n) is 2.00. The van der Waals surface area contributed by atoms with Gasteiger partial charge in [0.25, 0.3) is 5.91 Å². The molecule has 1 heterocycles. The summed E-state index contributed by atoms with van der Waals surface area (Å²) >= 11 is 0. The van der Waals surface area contributed by atoms with Gasteiger partial charge in [-0.3, -0.25) is 9.59 Å². The minimum absolute atomic E-state index is 0.0857. The average molecular weight is 246 g/mol. The number of primary amides is 1. The molecule has 0 atom stereocenters. The van der Waals surface area contributed by atoms with Crippen LogP contribution in [0.3, 0.4) is 0 Å². The number of hydrogen-bond acceptors (Lipinski definition) is 4. The highest BCUT2D eigenvalue weighted by atomic mass is 16.2. The van der Waals surface area contributed by atoms with Crippen LogP contribution in [0.4, 0.5) is 0 Å². The molecule has 18 heavy (non-hydrogen) atoms. The molecule has 0 unspecified atom stereocenters. The number of nitrogens with zero attached hydrogens (tertiary/aromatic N) is 1. The molecule has 6 heteroatoms. The minimum atomic E-state index is -0.473. The van der Waals surface area contributed by atoms with Gasteiger partial charge in [0.1, 0.15) is 5.69 Å². The lowest BCUT2D eigenvalue weighted by molar-refractivity contribution is -0.117. The molecular weight excluding hydrogens is 232 g/mol. The number of pyridine rings is 1. The molecule has 1 aromatic heterocycles. The predicted molar refractivity (Wildman–Crippen MR) is 66.3 cm³/mol. The quantitative estimate of drug-likeness (QED) is 0.591. The average Bonchev–Trinajstić information content (AvgIpc) is 2.36. The van der Waals surface area contributed by atoms with Crippen LogP contribution in [-0.2, 0) is 4.79 Å². The number of aromatic nitrogens is 1. The molecule has 6 nitrogen and oxygen atoms in total. The first-order valence-electron chi connectivity index (χ1n) is 5.35. The first-order valence-corrected chi connectivity index (χ1v) is 5.35. The fourth-order valence-electron chi connectivity index (χ4n) is 1.22. The highest BCUT2D eigenvalue weighted by Gasteiger charge is 2.10. The second-order valence-corrected chi connectivity index (χ2v) is 3.38. The second kappa shape index (κ2) is 7.04. The highest BCUT2D eigenvalue weighted by molar-refractivity contribution is 5.94. The maximum absolute atomic E-state index is 11.8. The SMILES string of the molecule is NCC#Cc1cccnc1C(=O)NCCC(N)=O. The van der Waals surface area contributed by atoms with Crippen LogP contribution < -0.4 is 16.8 Å². The Labute approximate surface area is 105 Å². The van der Waals surface area contributed by atoms with Crippen molar-refractivity contribution in [2.45, 2.75) is 6.42 Å². The molecular formula is C12H14N4O2. The molecule has 0 aliphatic carbocycles. The fraction of sp³-hybridized carbons (Fsp3) is 0.250. The zero-order chi connectivity index (χ0) is 13.4. The molecule has 94 valence electrons. The van der Waals surface area contributed by atoms with Crippen molar-refractivity contribution in [1.82, 2.24) is 10.3 Å². The Hall–Kier alpha value is -2.39. The molecule has 1 rings (SSSR count). The summed E-state index contributed by atoms with van der Waals surface area (Å²) in [5.41, 5.74) is 11.0. The molecule has 0 aromatic carbocycles. The maximum Gasteiger partial charge on any atom is 0.271 e. The van der Waals surface area contributed by atoms with Gasteiger partial charge in [-0.05, 0) is 12.1 Å². The summed E-state index contributed by atoms with van der Waals surface area (Å²) in [6.07, 6.45) is 1.58. The predicted octanol–water partition coefficient (Wildman–Crippen LogP) is -1.00. The van der Waals surface area contributed by atoms with E-state index in [-0.39, 0.29) is 25.2 Å². The zero-order valence-electron chi connectivity index (χ0n) is 9.77. The molecule has 0 aliphatic rings. The third-order valence-corrected chi connectivity index (χ3v) is 2.00. The van der Waals surface area contributed by atoms with Gasteiger partial charge in [-0.1, -0.05) is 11.8 Å². The summed E-state index contributed by atoms with van der Waals surface area (Å²) in [4.78, 5) is 26.3. The smallest absolute Gasteiger partial charge is 0.271 e. The van der Waals surface area contributed by atoms with Crippen molar-refractivity contribution in [2.24, 2.45) is 11.5 Å². The van der Waals surface area contributed by atoms with Crippen LogP contribution in [0, 0.1) is 11.8 Å². The van der Waals surface area contributed by atoms with Gasteiger partial charge in [-0.25, -0.2) is 4.98 Å². The third kappa shape index (κ3) is 4.23. The Bertz CT molecular complexity index is 502. The summed E-state index contributed by atoms with van der Waals surface area (Å²) in [7, 11) is 0. The summed E-state index contributed by atoms with van der Waals surface area (Å²) in [5, 5.41) is 2.55. The fourth-order valence-corrected chi connectivity index (χ4v) is 1.22. The molecule has 0 radical (unpaired) electrons. The summed E-state index contributed by atoms with van der Waals surface area (Å²) in [6.45, 7) is 0.381. The molecule has 0 aliphatic heterocycles. The van der Waals surface area contributed by atoms with E-state index >= 15 is 0 Å². The first-order chi connectivity index (χ1) is 8.65. The minimum Gasteiger partial charge on any atom is -0.370 e. The number of amides is 2. The zero-order valence-corrected chi connectivity index (χ0v) is 9.77. The van der Waals surface area contributed by atoms with Gasteiger partial charge in [-0.15, -0.1) is 0 Å². The van der Waals surface area contributed by atoms with Crippen LogP contribution in [-0.4, -0.2) is 29.9 Å². The van der Waals surface area contributed by atoms with E-state index in [4.69, 9.17) is 11.5 Å². The monoisotopic (exact) mass is 246 g/mol. The normalized spacial score (nSPS) is 9.17. The van der Waals surface area contributed by atoms with Crippen molar-refractivity contribution >= 4 is 11.8 Å². The van der Waals surface area contributed by atoms with Crippen molar-refractivity contribution in [3.05, 3.63) is 29.6 Å². The van der Waals surface area contributed by atoms with Crippen molar-refractivity contribution in [2.75, 3.05) is 13.1 Å². The Kier molecular flexibility index (Phi) is 5.35. The Balaban J connectivity index is 2.75. The van der Waals surface area contributed by atoms with Crippen molar-refractivity contribution in [1.29, 1.82) is 0 Å². The van der Waals surface area contributed by atoms with Gasteiger partial charge in [-0.2, -0.15) is 0 Å². The Morgan fingerprint density at radius 1 is 1.44 bits per heavy atom. The Morgan fingerprint density at radius 3 is 2.89 bits per heavy atom. The van der Waals surface area contributed by atoms with Crippen molar-refractivity contribution in [3.8, 4) is 11.8 Å². The molecule has 2 amide bonds. The Morgan fingerprint density at radius 2 is 2.22 bits per heavy atom. The number of hydrogen-bond donors (Lipinski definition) is 3. The highest BCUT2D eigenvalue weighted by Crippen LogP contribution is 2.03. The lowest BCUT2D eigenvalue weighted by Gasteiger charge is -2.04. The largest absolute Gasteiger partial charge is 0.370 e. The van der Waals surface area contributed by atoms with E-state index in [0.29, 0.717) is 5.56 Å². The van der Waals surface area contributed by atoms with Gasteiger partial charge < -0.3 is 16.8 Å². The van der Waals surface area contributed by atoms with Crippen LogP contribution in [0.1, 0.15) is 22.5 Å². The lowest BCUT2D eigenvalue weighted by atomic mass is 10.2. The van der Waals surface area contributed by atoms with E-state index in [1.54, 1.807) is 12.1 Å². The van der Waals surface area contributed by atoms with Crippen molar-refractivity contribution in [3.63, 3.8) is 0 Å². The van der Waals surface area contributed by atoms with Crippen LogP contribution >= 0.6 is 0 Å². The molecule has 0 saturated carbocycles. The van der Waals surface area contributed by atoms with Gasteiger partial charge in [0, 0.05) is 19.2 Å². The van der Waals surface area contributed by atoms with E-state index in [0.717, 1.165) is 0 Å².